The number of aromatic amines is 1. The summed E-state index contributed by atoms with van der Waals surface area (Å²) in [6.07, 6.45) is 2.16. The smallest absolute Gasteiger partial charge is 0.251 e. The molecule has 0 radical (unpaired) electrons. The highest BCUT2D eigenvalue weighted by Gasteiger charge is 2.28. The lowest BCUT2D eigenvalue weighted by molar-refractivity contribution is 0.0989. The van der Waals surface area contributed by atoms with Gasteiger partial charge in [-0.05, 0) is 37.5 Å². The molecule has 2 fully saturated rings. The summed E-state index contributed by atoms with van der Waals surface area (Å²) in [7, 11) is 1.69. The summed E-state index contributed by atoms with van der Waals surface area (Å²) >= 11 is 0. The molecule has 1 aromatic carbocycles. The van der Waals surface area contributed by atoms with Gasteiger partial charge in [0.15, 0.2) is 0 Å². The molecule has 0 bridgehead atoms. The molecule has 27 heavy (non-hydrogen) atoms. The monoisotopic (exact) mass is 369 g/mol. The van der Waals surface area contributed by atoms with Crippen LogP contribution in [0.25, 0.3) is 0 Å². The molecular formula is C21H27N3O3. The Labute approximate surface area is 159 Å². The van der Waals surface area contributed by atoms with Crippen LogP contribution in [0.2, 0.25) is 0 Å². The number of ether oxygens (including phenoxy) is 2. The van der Waals surface area contributed by atoms with E-state index in [2.05, 4.69) is 39.9 Å². The quantitative estimate of drug-likeness (QED) is 0.898. The summed E-state index contributed by atoms with van der Waals surface area (Å²) in [5.41, 5.74) is 2.14. The van der Waals surface area contributed by atoms with Gasteiger partial charge in [0, 0.05) is 37.0 Å². The van der Waals surface area contributed by atoms with Crippen LogP contribution in [0.5, 0.6) is 5.75 Å². The molecule has 1 N–H and O–H groups in total. The van der Waals surface area contributed by atoms with E-state index < -0.39 is 0 Å². The number of aromatic nitrogens is 1. The fourth-order valence-corrected chi connectivity index (χ4v) is 4.20. The van der Waals surface area contributed by atoms with E-state index >= 15 is 0 Å². The van der Waals surface area contributed by atoms with Crippen LogP contribution in [0.3, 0.4) is 0 Å². The van der Waals surface area contributed by atoms with Crippen LogP contribution in [0.15, 0.2) is 41.2 Å². The molecule has 2 atom stereocenters. The van der Waals surface area contributed by atoms with Crippen molar-refractivity contribution < 1.29 is 9.47 Å². The van der Waals surface area contributed by atoms with E-state index in [1.165, 1.54) is 5.56 Å². The standard InChI is InChI=1S/C21H27N3O3/c1-15-14-27-10-9-23(15)17-12-20(22-21(25)13-17)24-8-4-7-19(24)16-5-3-6-18(11-16)26-2/h3,5-6,11-13,15,19H,4,7-10,14H2,1-2H3,(H,22,25)/t15-,19?/m1/s1. The Kier molecular flexibility index (Phi) is 5.07. The largest absolute Gasteiger partial charge is 0.497 e. The first-order chi connectivity index (χ1) is 13.2. The van der Waals surface area contributed by atoms with Gasteiger partial charge in [-0.3, -0.25) is 4.79 Å². The summed E-state index contributed by atoms with van der Waals surface area (Å²) in [5.74, 6) is 1.75. The van der Waals surface area contributed by atoms with Crippen molar-refractivity contribution in [1.29, 1.82) is 0 Å². The third kappa shape index (κ3) is 3.67. The van der Waals surface area contributed by atoms with Crippen molar-refractivity contribution in [3.8, 4) is 5.75 Å². The Hall–Kier alpha value is -2.47. The highest BCUT2D eigenvalue weighted by atomic mass is 16.5. The van der Waals surface area contributed by atoms with Crippen LogP contribution in [0, 0.1) is 0 Å². The van der Waals surface area contributed by atoms with Crippen molar-refractivity contribution in [1.82, 2.24) is 4.98 Å². The van der Waals surface area contributed by atoms with E-state index in [1.807, 2.05) is 12.1 Å². The Balaban J connectivity index is 1.66. The zero-order chi connectivity index (χ0) is 18.8. The maximum absolute atomic E-state index is 12.4. The molecular weight excluding hydrogens is 342 g/mol. The van der Waals surface area contributed by atoms with E-state index in [9.17, 15) is 4.79 Å². The van der Waals surface area contributed by atoms with Gasteiger partial charge in [0.1, 0.15) is 11.6 Å². The van der Waals surface area contributed by atoms with Crippen molar-refractivity contribution in [2.45, 2.75) is 31.8 Å². The molecule has 4 rings (SSSR count). The molecule has 144 valence electrons. The fourth-order valence-electron chi connectivity index (χ4n) is 4.20. The molecule has 0 spiro atoms. The van der Waals surface area contributed by atoms with Crippen LogP contribution in [-0.2, 0) is 4.74 Å². The second-order valence-corrected chi connectivity index (χ2v) is 7.33. The van der Waals surface area contributed by atoms with Crippen molar-refractivity contribution in [2.24, 2.45) is 0 Å². The molecule has 0 aliphatic carbocycles. The van der Waals surface area contributed by atoms with Gasteiger partial charge < -0.3 is 24.3 Å². The number of rotatable bonds is 4. The van der Waals surface area contributed by atoms with Gasteiger partial charge in [-0.1, -0.05) is 12.1 Å². The van der Waals surface area contributed by atoms with E-state index in [0.717, 1.165) is 43.2 Å². The average Bonchev–Trinajstić information content (AvgIpc) is 3.18. The third-order valence-electron chi connectivity index (χ3n) is 5.55. The summed E-state index contributed by atoms with van der Waals surface area (Å²) in [6.45, 7) is 5.26. The number of hydrogen-bond acceptors (Lipinski definition) is 5. The maximum Gasteiger partial charge on any atom is 0.251 e. The van der Waals surface area contributed by atoms with E-state index in [4.69, 9.17) is 9.47 Å². The molecule has 6 nitrogen and oxygen atoms in total. The Morgan fingerprint density at radius 2 is 2.07 bits per heavy atom. The summed E-state index contributed by atoms with van der Waals surface area (Å²) < 4.78 is 10.9. The second-order valence-electron chi connectivity index (χ2n) is 7.33. The van der Waals surface area contributed by atoms with Gasteiger partial charge in [-0.2, -0.15) is 0 Å². The lowest BCUT2D eigenvalue weighted by Crippen LogP contribution is -2.44. The number of benzene rings is 1. The fraction of sp³-hybridized carbons (Fsp3) is 0.476. The molecule has 2 aliphatic rings. The highest BCUT2D eigenvalue weighted by molar-refractivity contribution is 5.57. The van der Waals surface area contributed by atoms with Gasteiger partial charge in [0.25, 0.3) is 5.56 Å². The molecule has 0 saturated carbocycles. The summed E-state index contributed by atoms with van der Waals surface area (Å²) in [4.78, 5) is 20.0. The van der Waals surface area contributed by atoms with Crippen molar-refractivity contribution in [3.63, 3.8) is 0 Å². The number of pyridine rings is 1. The molecule has 1 unspecified atom stereocenters. The van der Waals surface area contributed by atoms with Crippen LogP contribution in [0.4, 0.5) is 11.5 Å². The van der Waals surface area contributed by atoms with Crippen LogP contribution in [0.1, 0.15) is 31.4 Å². The number of nitrogens with one attached hydrogen (secondary N) is 1. The van der Waals surface area contributed by atoms with E-state index in [0.29, 0.717) is 13.2 Å². The normalized spacial score (nSPS) is 22.9. The van der Waals surface area contributed by atoms with E-state index in [-0.39, 0.29) is 17.6 Å². The first kappa shape index (κ1) is 17.9. The molecule has 1 aromatic heterocycles. The van der Waals surface area contributed by atoms with Crippen molar-refractivity contribution >= 4 is 11.5 Å². The molecule has 6 heteroatoms. The predicted molar refractivity (Wildman–Crippen MR) is 107 cm³/mol. The molecule has 0 amide bonds. The topological polar surface area (TPSA) is 57.8 Å². The van der Waals surface area contributed by atoms with Crippen molar-refractivity contribution in [2.75, 3.05) is 43.2 Å². The molecule has 3 heterocycles. The first-order valence-electron chi connectivity index (χ1n) is 9.65. The number of H-pyrrole nitrogens is 1. The SMILES string of the molecule is COc1cccc(C2CCCN2c2cc(N3CCOC[C@H]3C)cc(=O)[nH]2)c1. The summed E-state index contributed by atoms with van der Waals surface area (Å²) in [5, 5.41) is 0. The minimum Gasteiger partial charge on any atom is -0.497 e. The van der Waals surface area contributed by atoms with Crippen LogP contribution < -0.4 is 20.1 Å². The number of anilines is 2. The van der Waals surface area contributed by atoms with Crippen LogP contribution >= 0.6 is 0 Å². The maximum atomic E-state index is 12.4. The Morgan fingerprint density at radius 1 is 1.19 bits per heavy atom. The lowest BCUT2D eigenvalue weighted by atomic mass is 10.0. The summed E-state index contributed by atoms with van der Waals surface area (Å²) in [6, 6.07) is 12.5. The minimum absolute atomic E-state index is 0.0579. The first-order valence-corrected chi connectivity index (χ1v) is 9.65. The second kappa shape index (κ2) is 7.64. The Bertz CT molecular complexity index is 851. The number of methoxy groups -OCH3 is 1. The minimum atomic E-state index is -0.0579. The zero-order valence-electron chi connectivity index (χ0n) is 16.0. The third-order valence-corrected chi connectivity index (χ3v) is 5.55. The number of morpholine rings is 1. The highest BCUT2D eigenvalue weighted by Crippen LogP contribution is 2.37. The average molecular weight is 369 g/mol. The van der Waals surface area contributed by atoms with Gasteiger partial charge in [-0.15, -0.1) is 0 Å². The van der Waals surface area contributed by atoms with Gasteiger partial charge in [0.05, 0.1) is 26.4 Å². The number of nitrogens with zero attached hydrogens (tertiary/aromatic N) is 2. The molecule has 2 aliphatic heterocycles. The van der Waals surface area contributed by atoms with Gasteiger partial charge >= 0.3 is 0 Å². The van der Waals surface area contributed by atoms with Crippen molar-refractivity contribution in [3.05, 3.63) is 52.3 Å². The lowest BCUT2D eigenvalue weighted by Gasteiger charge is -2.36. The predicted octanol–water partition coefficient (Wildman–Crippen LogP) is 2.95. The Morgan fingerprint density at radius 3 is 2.89 bits per heavy atom. The molecule has 2 aromatic rings. The molecule has 2 saturated heterocycles. The zero-order valence-corrected chi connectivity index (χ0v) is 16.0. The van der Waals surface area contributed by atoms with Gasteiger partial charge in [0.2, 0.25) is 0 Å². The van der Waals surface area contributed by atoms with E-state index in [1.54, 1.807) is 13.2 Å². The van der Waals surface area contributed by atoms with Crippen LogP contribution in [-0.4, -0.2) is 44.4 Å². The van der Waals surface area contributed by atoms with Gasteiger partial charge in [-0.25, -0.2) is 0 Å². The number of hydrogen-bond donors (Lipinski definition) is 1.